The minimum absolute atomic E-state index is 0.426. The molecular formula is C17H15BrN6. The van der Waals surface area contributed by atoms with E-state index in [1.807, 2.05) is 47.1 Å². The number of imidazole rings is 1. The highest BCUT2D eigenvalue weighted by molar-refractivity contribution is 9.10. The summed E-state index contributed by atoms with van der Waals surface area (Å²) in [4.78, 5) is 13.3. The highest BCUT2D eigenvalue weighted by atomic mass is 79.9. The lowest BCUT2D eigenvalue weighted by Gasteiger charge is -2.04. The molecule has 0 fully saturated rings. The van der Waals surface area contributed by atoms with E-state index in [1.165, 1.54) is 0 Å². The van der Waals surface area contributed by atoms with Crippen LogP contribution in [-0.2, 0) is 13.1 Å². The van der Waals surface area contributed by atoms with E-state index in [0.29, 0.717) is 12.5 Å². The van der Waals surface area contributed by atoms with Crippen molar-refractivity contribution < 1.29 is 0 Å². The quantitative estimate of drug-likeness (QED) is 0.567. The molecule has 0 amide bonds. The van der Waals surface area contributed by atoms with E-state index in [4.69, 9.17) is 10.7 Å². The Bertz CT molecular complexity index is 1010. The largest absolute Gasteiger partial charge is 0.369 e. The molecule has 6 nitrogen and oxygen atoms in total. The zero-order valence-electron chi connectivity index (χ0n) is 12.8. The van der Waals surface area contributed by atoms with Crippen molar-refractivity contribution in [1.82, 2.24) is 24.7 Å². The lowest BCUT2D eigenvalue weighted by atomic mass is 10.2. The van der Waals surface area contributed by atoms with Crippen LogP contribution in [0.15, 0.2) is 53.4 Å². The van der Waals surface area contributed by atoms with Crippen LogP contribution in [0.3, 0.4) is 0 Å². The molecule has 0 spiro atoms. The molecule has 3 aromatic heterocycles. The monoisotopic (exact) mass is 382 g/mol. The molecule has 0 aliphatic heterocycles. The molecule has 120 valence electrons. The van der Waals surface area contributed by atoms with Crippen LogP contribution in [0.4, 0.5) is 5.95 Å². The number of para-hydroxylation sites is 1. The first-order chi connectivity index (χ1) is 11.7. The third kappa shape index (κ3) is 2.72. The van der Waals surface area contributed by atoms with Crippen LogP contribution in [0.25, 0.3) is 16.6 Å². The number of anilines is 1. The topological polar surface area (TPSA) is 81.1 Å². The molecule has 7 heteroatoms. The molecule has 4 aromatic rings. The van der Waals surface area contributed by atoms with E-state index < -0.39 is 0 Å². The van der Waals surface area contributed by atoms with Crippen LogP contribution in [0, 0.1) is 0 Å². The summed E-state index contributed by atoms with van der Waals surface area (Å²) < 4.78 is 2.74. The minimum atomic E-state index is 0.426. The van der Waals surface area contributed by atoms with Crippen LogP contribution < -0.4 is 11.1 Å². The van der Waals surface area contributed by atoms with Gasteiger partial charge in [0, 0.05) is 41.5 Å². The fraction of sp³-hybridized carbons (Fsp3) is 0.118. The van der Waals surface area contributed by atoms with E-state index in [0.717, 1.165) is 38.8 Å². The van der Waals surface area contributed by atoms with Crippen LogP contribution in [0.1, 0.15) is 11.3 Å². The molecule has 0 saturated carbocycles. The standard InChI is InChI=1S/C17H15BrN6/c18-14-5-1-4-13-15(14)23-17(19)24-10-12(22-16(13)24)9-21-8-11-3-2-6-20-7-11/h1-7,10,21H,8-9H2,(H2,19,23). The van der Waals surface area contributed by atoms with Crippen LogP contribution in [-0.4, -0.2) is 19.4 Å². The summed E-state index contributed by atoms with van der Waals surface area (Å²) in [5.41, 5.74) is 9.78. The smallest absolute Gasteiger partial charge is 0.206 e. The first-order valence-electron chi connectivity index (χ1n) is 7.53. The van der Waals surface area contributed by atoms with E-state index in [9.17, 15) is 0 Å². The normalized spacial score (nSPS) is 11.4. The Morgan fingerprint density at radius 3 is 2.88 bits per heavy atom. The summed E-state index contributed by atoms with van der Waals surface area (Å²) >= 11 is 3.52. The van der Waals surface area contributed by atoms with Gasteiger partial charge in [-0.15, -0.1) is 0 Å². The molecule has 0 aliphatic carbocycles. The van der Waals surface area contributed by atoms with Gasteiger partial charge in [0.2, 0.25) is 5.95 Å². The van der Waals surface area contributed by atoms with Crippen molar-refractivity contribution in [3.05, 3.63) is 64.7 Å². The molecule has 0 aliphatic rings. The van der Waals surface area contributed by atoms with Crippen molar-refractivity contribution in [3.8, 4) is 0 Å². The molecule has 0 unspecified atom stereocenters. The van der Waals surface area contributed by atoms with Crippen molar-refractivity contribution in [1.29, 1.82) is 0 Å². The average molecular weight is 383 g/mol. The van der Waals surface area contributed by atoms with Crippen molar-refractivity contribution in [2.45, 2.75) is 13.1 Å². The molecule has 4 rings (SSSR count). The Morgan fingerprint density at radius 2 is 2.04 bits per heavy atom. The van der Waals surface area contributed by atoms with Crippen LogP contribution >= 0.6 is 15.9 Å². The number of nitrogens with one attached hydrogen (secondary N) is 1. The number of nitrogen functional groups attached to an aromatic ring is 1. The molecule has 1 aromatic carbocycles. The van der Waals surface area contributed by atoms with Gasteiger partial charge in [-0.2, -0.15) is 0 Å². The van der Waals surface area contributed by atoms with Crippen LogP contribution in [0.5, 0.6) is 0 Å². The van der Waals surface area contributed by atoms with Gasteiger partial charge in [0.15, 0.2) is 0 Å². The second-order valence-corrected chi connectivity index (χ2v) is 6.35. The molecule has 0 radical (unpaired) electrons. The van der Waals surface area contributed by atoms with E-state index >= 15 is 0 Å². The summed E-state index contributed by atoms with van der Waals surface area (Å²) in [5, 5.41) is 4.34. The molecule has 3 heterocycles. The zero-order valence-corrected chi connectivity index (χ0v) is 14.4. The Balaban J connectivity index is 1.64. The number of pyridine rings is 1. The van der Waals surface area contributed by atoms with E-state index in [-0.39, 0.29) is 0 Å². The first-order valence-corrected chi connectivity index (χ1v) is 8.33. The van der Waals surface area contributed by atoms with E-state index in [1.54, 1.807) is 6.20 Å². The van der Waals surface area contributed by atoms with Crippen molar-refractivity contribution in [3.63, 3.8) is 0 Å². The van der Waals surface area contributed by atoms with Crippen molar-refractivity contribution in [2.75, 3.05) is 5.73 Å². The summed E-state index contributed by atoms with van der Waals surface area (Å²) in [6, 6.07) is 9.89. The van der Waals surface area contributed by atoms with Gasteiger partial charge in [-0.3, -0.25) is 9.38 Å². The fourth-order valence-corrected chi connectivity index (χ4v) is 3.15. The van der Waals surface area contributed by atoms with E-state index in [2.05, 4.69) is 31.2 Å². The summed E-state index contributed by atoms with van der Waals surface area (Å²) in [6.45, 7) is 1.38. The van der Waals surface area contributed by atoms with Gasteiger partial charge < -0.3 is 11.1 Å². The second-order valence-electron chi connectivity index (χ2n) is 5.50. The Hall–Kier alpha value is -2.51. The molecular weight excluding hydrogens is 368 g/mol. The number of fused-ring (bicyclic) bond motifs is 3. The van der Waals surface area contributed by atoms with Crippen LogP contribution in [0.2, 0.25) is 0 Å². The van der Waals surface area contributed by atoms with Gasteiger partial charge in [0.25, 0.3) is 0 Å². The Kier molecular flexibility index (Phi) is 3.87. The SMILES string of the molecule is Nc1nc2c(Br)cccc2c2nc(CNCc3cccnc3)cn12. The van der Waals surface area contributed by atoms with Gasteiger partial charge in [0.1, 0.15) is 5.65 Å². The predicted molar refractivity (Wildman–Crippen MR) is 97.4 cm³/mol. The first kappa shape index (κ1) is 15.0. The highest BCUT2D eigenvalue weighted by Crippen LogP contribution is 2.26. The maximum atomic E-state index is 6.09. The summed E-state index contributed by atoms with van der Waals surface area (Å²) in [7, 11) is 0. The number of halogens is 1. The number of benzene rings is 1. The van der Waals surface area contributed by atoms with Gasteiger partial charge in [-0.25, -0.2) is 9.97 Å². The lowest BCUT2D eigenvalue weighted by Crippen LogP contribution is -2.12. The van der Waals surface area contributed by atoms with Crippen molar-refractivity contribution >= 4 is 38.4 Å². The minimum Gasteiger partial charge on any atom is -0.369 e. The molecule has 0 bridgehead atoms. The molecule has 3 N–H and O–H groups in total. The molecule has 24 heavy (non-hydrogen) atoms. The second kappa shape index (κ2) is 6.18. The number of rotatable bonds is 4. The number of aromatic nitrogens is 4. The third-order valence-corrected chi connectivity index (χ3v) is 4.45. The Morgan fingerprint density at radius 1 is 1.12 bits per heavy atom. The Labute approximate surface area is 146 Å². The average Bonchev–Trinajstić information content (AvgIpc) is 3.02. The number of nitrogens with zero attached hydrogens (tertiary/aromatic N) is 4. The number of nitrogens with two attached hydrogens (primary N) is 1. The zero-order chi connectivity index (χ0) is 16.5. The predicted octanol–water partition coefficient (Wildman–Crippen LogP) is 2.91. The fourth-order valence-electron chi connectivity index (χ4n) is 2.69. The number of hydrogen-bond acceptors (Lipinski definition) is 5. The summed E-state index contributed by atoms with van der Waals surface area (Å²) in [5.74, 6) is 0.426. The van der Waals surface area contributed by atoms with Gasteiger partial charge in [0.05, 0.1) is 11.2 Å². The maximum Gasteiger partial charge on any atom is 0.206 e. The third-order valence-electron chi connectivity index (χ3n) is 3.81. The maximum absolute atomic E-state index is 6.09. The van der Waals surface area contributed by atoms with Crippen molar-refractivity contribution in [2.24, 2.45) is 0 Å². The molecule has 0 atom stereocenters. The highest BCUT2D eigenvalue weighted by Gasteiger charge is 2.11. The van der Waals surface area contributed by atoms with Gasteiger partial charge in [-0.05, 0) is 39.7 Å². The van der Waals surface area contributed by atoms with Gasteiger partial charge in [-0.1, -0.05) is 12.1 Å². The molecule has 0 saturated heterocycles. The van der Waals surface area contributed by atoms with Gasteiger partial charge >= 0.3 is 0 Å². The number of hydrogen-bond donors (Lipinski definition) is 2. The summed E-state index contributed by atoms with van der Waals surface area (Å²) in [6.07, 6.45) is 5.54. The lowest BCUT2D eigenvalue weighted by molar-refractivity contribution is 0.681.